The zero-order valence-corrected chi connectivity index (χ0v) is 23.3. The molecule has 0 amide bonds. The van der Waals surface area contributed by atoms with Crippen molar-refractivity contribution < 1.29 is 1.43 Å². The van der Waals surface area contributed by atoms with Gasteiger partial charge in [-0.1, -0.05) is 146 Å². The smallest absolute Gasteiger partial charge is 0.164 e. The molecule has 3 nitrogen and oxygen atoms in total. The van der Waals surface area contributed by atoms with Gasteiger partial charge in [-0.05, 0) is 50.6 Å². The molecule has 7 aromatic rings. The molecule has 0 bridgehead atoms. The van der Waals surface area contributed by atoms with Crippen molar-refractivity contribution in [2.75, 3.05) is 0 Å². The molecule has 0 unspecified atom stereocenters. The molecule has 1 aromatic heterocycles. The first-order valence-electron chi connectivity index (χ1n) is 14.6. The van der Waals surface area contributed by atoms with Crippen molar-refractivity contribution in [2.45, 2.75) is 5.41 Å². The Balaban J connectivity index is 0.00000289. The lowest BCUT2D eigenvalue weighted by atomic mass is 9.70. The van der Waals surface area contributed by atoms with Crippen molar-refractivity contribution in [3.05, 3.63) is 174 Å². The minimum Gasteiger partial charge on any atom is -0.208 e. The lowest BCUT2D eigenvalue weighted by Gasteiger charge is -2.30. The van der Waals surface area contributed by atoms with Gasteiger partial charge in [0.2, 0.25) is 0 Å². The number of hydrogen-bond donors (Lipinski definition) is 0. The summed E-state index contributed by atoms with van der Waals surface area (Å²) in [7, 11) is 0. The zero-order valence-electron chi connectivity index (χ0n) is 23.3. The largest absolute Gasteiger partial charge is 0.208 e. The Hall–Kier alpha value is -5.67. The van der Waals surface area contributed by atoms with E-state index < -0.39 is 5.41 Å². The first-order chi connectivity index (χ1) is 21.3. The Bertz CT molecular complexity index is 2070. The molecule has 2 aliphatic rings. The molecule has 1 heterocycles. The molecule has 6 aromatic carbocycles. The minimum atomic E-state index is -0.410. The lowest BCUT2D eigenvalue weighted by Crippen LogP contribution is -2.25. The fourth-order valence-corrected chi connectivity index (χ4v) is 7.17. The third-order valence-electron chi connectivity index (χ3n) is 8.95. The molecule has 43 heavy (non-hydrogen) atoms. The molecular formula is C40H27N3. The number of fused-ring (bicyclic) bond motifs is 10. The highest BCUT2D eigenvalue weighted by atomic mass is 15.0. The minimum absolute atomic E-state index is 0. The molecule has 0 fully saturated rings. The zero-order chi connectivity index (χ0) is 28.4. The summed E-state index contributed by atoms with van der Waals surface area (Å²) in [6, 6.07) is 53.7. The van der Waals surface area contributed by atoms with Crippen molar-refractivity contribution in [3.8, 4) is 56.4 Å². The molecule has 9 rings (SSSR count). The Morgan fingerprint density at radius 2 is 0.698 bits per heavy atom. The van der Waals surface area contributed by atoms with Gasteiger partial charge in [-0.15, -0.1) is 0 Å². The summed E-state index contributed by atoms with van der Waals surface area (Å²) in [4.78, 5) is 15.0. The van der Waals surface area contributed by atoms with Crippen LogP contribution in [-0.2, 0) is 5.41 Å². The van der Waals surface area contributed by atoms with E-state index in [-0.39, 0.29) is 1.43 Å². The molecular weight excluding hydrogens is 522 g/mol. The van der Waals surface area contributed by atoms with E-state index in [9.17, 15) is 0 Å². The third-order valence-corrected chi connectivity index (χ3v) is 8.95. The van der Waals surface area contributed by atoms with Gasteiger partial charge in [-0.2, -0.15) is 0 Å². The summed E-state index contributed by atoms with van der Waals surface area (Å²) >= 11 is 0. The molecule has 3 heteroatoms. The fourth-order valence-electron chi connectivity index (χ4n) is 7.17. The summed E-state index contributed by atoms with van der Waals surface area (Å²) in [5.74, 6) is 2.00. The van der Waals surface area contributed by atoms with Gasteiger partial charge in [0.25, 0.3) is 0 Å². The van der Waals surface area contributed by atoms with Crippen LogP contribution in [0.1, 0.15) is 23.7 Å². The number of benzene rings is 6. The number of nitrogens with zero attached hydrogens (tertiary/aromatic N) is 3. The van der Waals surface area contributed by atoms with Crippen LogP contribution in [0.5, 0.6) is 0 Å². The summed E-state index contributed by atoms with van der Waals surface area (Å²) in [5.41, 5.74) is 12.9. The maximum absolute atomic E-state index is 5.06. The van der Waals surface area contributed by atoms with Crippen LogP contribution in [0, 0.1) is 0 Å². The Morgan fingerprint density at radius 1 is 0.326 bits per heavy atom. The molecule has 0 aliphatic heterocycles. The Kier molecular flexibility index (Phi) is 5.11. The van der Waals surface area contributed by atoms with Crippen LogP contribution in [0.15, 0.2) is 152 Å². The first kappa shape index (κ1) is 24.0. The Labute approximate surface area is 251 Å². The van der Waals surface area contributed by atoms with Crippen LogP contribution >= 0.6 is 0 Å². The predicted molar refractivity (Wildman–Crippen MR) is 175 cm³/mol. The second kappa shape index (κ2) is 9.17. The highest BCUT2D eigenvalue weighted by molar-refractivity contribution is 5.95. The number of rotatable bonds is 3. The highest BCUT2D eigenvalue weighted by Gasteiger charge is 2.51. The van der Waals surface area contributed by atoms with Gasteiger partial charge in [0, 0.05) is 18.1 Å². The standard InChI is InChI=1S/C40H25N3.H2/c1-3-13-26(14-4-1)37-41-38(27-15-5-2-6-16-27)43-39(42-37)28-23-24-32-31-19-9-12-22-35(31)40(36(32)25-28)33-20-10-7-17-29(33)30-18-8-11-21-34(30)40;/h1-25H;1H. The van der Waals surface area contributed by atoms with Crippen LogP contribution in [0.2, 0.25) is 0 Å². The molecule has 202 valence electrons. The van der Waals surface area contributed by atoms with Gasteiger partial charge in [0.1, 0.15) is 0 Å². The van der Waals surface area contributed by atoms with Gasteiger partial charge in [-0.3, -0.25) is 0 Å². The summed E-state index contributed by atoms with van der Waals surface area (Å²) < 4.78 is 0. The third kappa shape index (κ3) is 3.39. The average Bonchev–Trinajstić information content (AvgIpc) is 3.56. The van der Waals surface area contributed by atoms with Gasteiger partial charge >= 0.3 is 0 Å². The second-order valence-electron chi connectivity index (χ2n) is 11.2. The van der Waals surface area contributed by atoms with Crippen molar-refractivity contribution in [1.82, 2.24) is 15.0 Å². The average molecular weight is 550 g/mol. The van der Waals surface area contributed by atoms with Crippen molar-refractivity contribution in [3.63, 3.8) is 0 Å². The summed E-state index contributed by atoms with van der Waals surface area (Å²) in [5, 5.41) is 0. The van der Waals surface area contributed by atoms with Crippen LogP contribution in [-0.4, -0.2) is 15.0 Å². The highest BCUT2D eigenvalue weighted by Crippen LogP contribution is 2.62. The molecule has 0 N–H and O–H groups in total. The summed E-state index contributed by atoms with van der Waals surface area (Å²) in [6.45, 7) is 0. The first-order valence-corrected chi connectivity index (χ1v) is 14.6. The normalized spacial score (nSPS) is 13.3. The van der Waals surface area contributed by atoms with E-state index in [0.717, 1.165) is 16.7 Å². The van der Waals surface area contributed by atoms with Crippen molar-refractivity contribution in [2.24, 2.45) is 0 Å². The molecule has 0 radical (unpaired) electrons. The maximum Gasteiger partial charge on any atom is 0.164 e. The van der Waals surface area contributed by atoms with Crippen molar-refractivity contribution in [1.29, 1.82) is 0 Å². The van der Waals surface area contributed by atoms with E-state index in [0.29, 0.717) is 17.5 Å². The topological polar surface area (TPSA) is 38.7 Å². The molecule has 2 aliphatic carbocycles. The van der Waals surface area contributed by atoms with Gasteiger partial charge in [0.15, 0.2) is 17.5 Å². The lowest BCUT2D eigenvalue weighted by molar-refractivity contribution is 0.794. The molecule has 1 spiro atoms. The quantitative estimate of drug-likeness (QED) is 0.220. The number of hydrogen-bond acceptors (Lipinski definition) is 3. The van der Waals surface area contributed by atoms with Crippen molar-refractivity contribution >= 4 is 0 Å². The van der Waals surface area contributed by atoms with E-state index >= 15 is 0 Å². The SMILES string of the molecule is [HH].c1ccc(-c2nc(-c3ccccc3)nc(-c3ccc4c(c3)C3(c5ccccc5-c5ccccc53)c3ccccc3-4)n2)cc1. The summed E-state index contributed by atoms with van der Waals surface area (Å²) in [6.07, 6.45) is 0. The second-order valence-corrected chi connectivity index (χ2v) is 11.2. The van der Waals surface area contributed by atoms with E-state index in [1.54, 1.807) is 0 Å². The predicted octanol–water partition coefficient (Wildman–Crippen LogP) is 9.46. The van der Waals surface area contributed by atoms with E-state index in [2.05, 4.69) is 115 Å². The molecule has 0 atom stereocenters. The van der Waals surface area contributed by atoms with Gasteiger partial charge in [-0.25, -0.2) is 15.0 Å². The van der Waals surface area contributed by atoms with Crippen LogP contribution < -0.4 is 0 Å². The van der Waals surface area contributed by atoms with E-state index in [4.69, 9.17) is 15.0 Å². The monoisotopic (exact) mass is 549 g/mol. The van der Waals surface area contributed by atoms with Crippen LogP contribution in [0.4, 0.5) is 0 Å². The van der Waals surface area contributed by atoms with Gasteiger partial charge < -0.3 is 0 Å². The fraction of sp³-hybridized carbons (Fsp3) is 0.0250. The maximum atomic E-state index is 5.06. The molecule has 0 saturated carbocycles. The number of aromatic nitrogens is 3. The van der Waals surface area contributed by atoms with Gasteiger partial charge in [0.05, 0.1) is 5.41 Å². The van der Waals surface area contributed by atoms with Crippen LogP contribution in [0.25, 0.3) is 56.4 Å². The van der Waals surface area contributed by atoms with E-state index in [1.807, 2.05) is 36.4 Å². The molecule has 0 saturated heterocycles. The van der Waals surface area contributed by atoms with E-state index in [1.165, 1.54) is 44.5 Å². The Morgan fingerprint density at radius 3 is 1.16 bits per heavy atom. The van der Waals surface area contributed by atoms with Crippen LogP contribution in [0.3, 0.4) is 0 Å².